The van der Waals surface area contributed by atoms with Crippen LogP contribution in [0.5, 0.6) is 0 Å². The van der Waals surface area contributed by atoms with Crippen molar-refractivity contribution in [2.45, 2.75) is 38.8 Å². The van der Waals surface area contributed by atoms with E-state index < -0.39 is 0 Å². The molecular formula is C9H18N2O. The molecule has 12 heavy (non-hydrogen) atoms. The molecule has 1 fully saturated rings. The molecule has 1 atom stereocenters. The molecular weight excluding hydrogens is 152 g/mol. The van der Waals surface area contributed by atoms with Crippen LogP contribution in [0, 0.1) is 0 Å². The van der Waals surface area contributed by atoms with E-state index in [1.165, 1.54) is 0 Å². The second kappa shape index (κ2) is 3.05. The third kappa shape index (κ3) is 2.21. The topological polar surface area (TPSA) is 32.3 Å². The van der Waals surface area contributed by atoms with Gasteiger partial charge in [0, 0.05) is 12.1 Å². The van der Waals surface area contributed by atoms with Crippen LogP contribution < -0.4 is 5.32 Å². The highest BCUT2D eigenvalue weighted by Crippen LogP contribution is 2.15. The van der Waals surface area contributed by atoms with E-state index in [2.05, 4.69) is 10.2 Å². The first-order valence-electron chi connectivity index (χ1n) is 4.42. The van der Waals surface area contributed by atoms with E-state index in [0.29, 0.717) is 0 Å². The summed E-state index contributed by atoms with van der Waals surface area (Å²) in [7, 11) is 1.98. The van der Waals surface area contributed by atoms with Gasteiger partial charge in [-0.3, -0.25) is 9.69 Å². The monoisotopic (exact) mass is 170 g/mol. The summed E-state index contributed by atoms with van der Waals surface area (Å²) in [5, 5.41) is 2.97. The molecule has 0 bridgehead atoms. The summed E-state index contributed by atoms with van der Waals surface area (Å²) in [6.07, 6.45) is 0.998. The lowest BCUT2D eigenvalue weighted by atomic mass is 10.0. The lowest BCUT2D eigenvalue weighted by Crippen LogP contribution is -2.57. The number of nitrogens with zero attached hydrogens (tertiary/aromatic N) is 1. The maximum atomic E-state index is 11.5. The van der Waals surface area contributed by atoms with Crippen LogP contribution in [0.15, 0.2) is 0 Å². The molecule has 1 aliphatic heterocycles. The minimum atomic E-state index is -0.104. The summed E-state index contributed by atoms with van der Waals surface area (Å²) >= 11 is 0. The van der Waals surface area contributed by atoms with Gasteiger partial charge in [0.05, 0.1) is 6.04 Å². The highest BCUT2D eigenvalue weighted by atomic mass is 16.2. The predicted molar refractivity (Wildman–Crippen MR) is 48.9 cm³/mol. The van der Waals surface area contributed by atoms with Crippen LogP contribution in [0.25, 0.3) is 0 Å². The van der Waals surface area contributed by atoms with Gasteiger partial charge < -0.3 is 5.32 Å². The SMILES string of the molecule is CN1CC[C@H]1C(=O)NC(C)(C)C. The van der Waals surface area contributed by atoms with Gasteiger partial charge in [-0.1, -0.05) is 0 Å². The van der Waals surface area contributed by atoms with E-state index in [-0.39, 0.29) is 17.5 Å². The Labute approximate surface area is 74.1 Å². The van der Waals surface area contributed by atoms with E-state index in [1.54, 1.807) is 0 Å². The Hall–Kier alpha value is -0.570. The van der Waals surface area contributed by atoms with E-state index in [9.17, 15) is 4.79 Å². The Morgan fingerprint density at radius 3 is 2.33 bits per heavy atom. The molecule has 1 heterocycles. The molecule has 0 aliphatic carbocycles. The maximum absolute atomic E-state index is 11.5. The molecule has 0 spiro atoms. The Balaban J connectivity index is 2.39. The molecule has 0 aromatic carbocycles. The molecule has 1 N–H and O–H groups in total. The fourth-order valence-corrected chi connectivity index (χ4v) is 1.30. The van der Waals surface area contributed by atoms with Crippen LogP contribution in [0.2, 0.25) is 0 Å². The first-order valence-corrected chi connectivity index (χ1v) is 4.42. The number of likely N-dealkylation sites (tertiary alicyclic amines) is 1. The number of amides is 1. The molecule has 0 unspecified atom stereocenters. The predicted octanol–water partition coefficient (Wildman–Crippen LogP) is 0.605. The molecule has 1 rings (SSSR count). The summed E-state index contributed by atoms with van der Waals surface area (Å²) in [5.74, 6) is 0.163. The Kier molecular flexibility index (Phi) is 2.42. The third-order valence-corrected chi connectivity index (χ3v) is 2.09. The van der Waals surface area contributed by atoms with Gasteiger partial charge in [0.15, 0.2) is 0 Å². The first-order chi connectivity index (χ1) is 5.40. The molecule has 0 aromatic heterocycles. The molecule has 3 heteroatoms. The van der Waals surface area contributed by atoms with Crippen molar-refractivity contribution in [1.29, 1.82) is 0 Å². The fraction of sp³-hybridized carbons (Fsp3) is 0.889. The van der Waals surface area contributed by atoms with Crippen molar-refractivity contribution >= 4 is 5.91 Å². The lowest BCUT2D eigenvalue weighted by Gasteiger charge is -2.38. The maximum Gasteiger partial charge on any atom is 0.237 e. The molecule has 0 saturated carbocycles. The first kappa shape index (κ1) is 9.52. The zero-order valence-electron chi connectivity index (χ0n) is 8.35. The number of carbonyl (C=O) groups is 1. The van der Waals surface area contributed by atoms with Crippen LogP contribution in [0.4, 0.5) is 0 Å². The second-order valence-corrected chi connectivity index (χ2v) is 4.52. The minimum Gasteiger partial charge on any atom is -0.350 e. The van der Waals surface area contributed by atoms with Crippen LogP contribution in [-0.2, 0) is 4.79 Å². The Morgan fingerprint density at radius 1 is 1.50 bits per heavy atom. The van der Waals surface area contributed by atoms with Crippen molar-refractivity contribution in [3.63, 3.8) is 0 Å². The van der Waals surface area contributed by atoms with Gasteiger partial charge in [-0.05, 0) is 34.2 Å². The van der Waals surface area contributed by atoms with Gasteiger partial charge in [-0.2, -0.15) is 0 Å². The summed E-state index contributed by atoms with van der Waals surface area (Å²) in [6, 6.07) is 0.115. The smallest absolute Gasteiger partial charge is 0.237 e. The van der Waals surface area contributed by atoms with E-state index in [0.717, 1.165) is 13.0 Å². The molecule has 0 radical (unpaired) electrons. The highest BCUT2D eigenvalue weighted by Gasteiger charge is 2.32. The molecule has 1 aliphatic rings. The summed E-state index contributed by atoms with van der Waals surface area (Å²) < 4.78 is 0. The van der Waals surface area contributed by atoms with E-state index >= 15 is 0 Å². The van der Waals surface area contributed by atoms with Gasteiger partial charge in [0.1, 0.15) is 0 Å². The molecule has 3 nitrogen and oxygen atoms in total. The van der Waals surface area contributed by atoms with Crippen LogP contribution in [0.3, 0.4) is 0 Å². The Morgan fingerprint density at radius 2 is 2.08 bits per heavy atom. The number of nitrogens with one attached hydrogen (secondary N) is 1. The van der Waals surface area contributed by atoms with Gasteiger partial charge in [-0.15, -0.1) is 0 Å². The summed E-state index contributed by atoms with van der Waals surface area (Å²) in [4.78, 5) is 13.6. The van der Waals surface area contributed by atoms with E-state index in [1.807, 2.05) is 27.8 Å². The largest absolute Gasteiger partial charge is 0.350 e. The zero-order valence-corrected chi connectivity index (χ0v) is 8.35. The number of carbonyl (C=O) groups excluding carboxylic acids is 1. The average Bonchev–Trinajstić information content (AvgIpc) is 1.79. The number of hydrogen-bond donors (Lipinski definition) is 1. The van der Waals surface area contributed by atoms with E-state index in [4.69, 9.17) is 0 Å². The number of hydrogen-bond acceptors (Lipinski definition) is 2. The number of rotatable bonds is 1. The summed E-state index contributed by atoms with van der Waals surface area (Å²) in [5.41, 5.74) is -0.104. The molecule has 1 saturated heterocycles. The van der Waals surface area contributed by atoms with Crippen molar-refractivity contribution in [1.82, 2.24) is 10.2 Å². The average molecular weight is 170 g/mol. The molecule has 0 aromatic rings. The lowest BCUT2D eigenvalue weighted by molar-refractivity contribution is -0.131. The zero-order chi connectivity index (χ0) is 9.35. The summed E-state index contributed by atoms with van der Waals surface area (Å²) in [6.45, 7) is 7.05. The quantitative estimate of drug-likeness (QED) is 0.625. The van der Waals surface area contributed by atoms with Gasteiger partial charge >= 0.3 is 0 Å². The van der Waals surface area contributed by atoms with Gasteiger partial charge in [-0.25, -0.2) is 0 Å². The van der Waals surface area contributed by atoms with Crippen LogP contribution >= 0.6 is 0 Å². The van der Waals surface area contributed by atoms with Crippen molar-refractivity contribution in [3.05, 3.63) is 0 Å². The minimum absolute atomic E-state index is 0.104. The van der Waals surface area contributed by atoms with Crippen LogP contribution in [-0.4, -0.2) is 36.0 Å². The Bertz CT molecular complexity index is 183. The third-order valence-electron chi connectivity index (χ3n) is 2.09. The van der Waals surface area contributed by atoms with Crippen molar-refractivity contribution in [2.75, 3.05) is 13.6 Å². The van der Waals surface area contributed by atoms with Crippen molar-refractivity contribution in [2.24, 2.45) is 0 Å². The fourth-order valence-electron chi connectivity index (χ4n) is 1.30. The van der Waals surface area contributed by atoms with Crippen LogP contribution in [0.1, 0.15) is 27.2 Å². The standard InChI is InChI=1S/C9H18N2O/c1-9(2,3)10-8(12)7-5-6-11(7)4/h7H,5-6H2,1-4H3,(H,10,12)/t7-/m0/s1. The normalized spacial score (nSPS) is 24.8. The van der Waals surface area contributed by atoms with Gasteiger partial charge in [0.2, 0.25) is 5.91 Å². The van der Waals surface area contributed by atoms with Crippen molar-refractivity contribution < 1.29 is 4.79 Å². The molecule has 70 valence electrons. The highest BCUT2D eigenvalue weighted by molar-refractivity contribution is 5.83. The van der Waals surface area contributed by atoms with Gasteiger partial charge in [0.25, 0.3) is 0 Å². The molecule has 1 amide bonds. The van der Waals surface area contributed by atoms with Crippen molar-refractivity contribution in [3.8, 4) is 0 Å². The number of likely N-dealkylation sites (N-methyl/N-ethyl adjacent to an activating group) is 1. The second-order valence-electron chi connectivity index (χ2n) is 4.52.